The summed E-state index contributed by atoms with van der Waals surface area (Å²) in [6, 6.07) is 4.82. The number of ether oxygens (including phenoxy) is 1. The zero-order valence-corrected chi connectivity index (χ0v) is 12.4. The van der Waals surface area contributed by atoms with Crippen molar-refractivity contribution in [3.05, 3.63) is 29.0 Å². The Kier molecular flexibility index (Phi) is 4.18. The molecule has 1 unspecified atom stereocenters. The van der Waals surface area contributed by atoms with E-state index in [0.29, 0.717) is 0 Å². The first-order chi connectivity index (χ1) is 9.67. The maximum absolute atomic E-state index is 13.4. The number of halogens is 2. The number of benzene rings is 1. The van der Waals surface area contributed by atoms with Gasteiger partial charge in [-0.15, -0.1) is 0 Å². The molecule has 1 N–H and O–H groups in total. The monoisotopic (exact) mass is 297 g/mol. The molecule has 1 aromatic carbocycles. The highest BCUT2D eigenvalue weighted by atomic mass is 35.5. The summed E-state index contributed by atoms with van der Waals surface area (Å²) in [5.74, 6) is -0.382. The van der Waals surface area contributed by atoms with Crippen LogP contribution in [-0.2, 0) is 4.74 Å². The first-order valence-corrected chi connectivity index (χ1v) is 7.91. The van der Waals surface area contributed by atoms with Crippen molar-refractivity contribution in [2.45, 2.75) is 56.7 Å². The highest BCUT2D eigenvalue weighted by Crippen LogP contribution is 2.41. The topological polar surface area (TPSA) is 21.3 Å². The molecule has 1 aliphatic carbocycles. The van der Waals surface area contributed by atoms with Crippen LogP contribution in [-0.4, -0.2) is 18.2 Å². The Balaban J connectivity index is 1.53. The predicted molar refractivity (Wildman–Crippen MR) is 79.8 cm³/mol. The highest BCUT2D eigenvalue weighted by Gasteiger charge is 2.40. The molecule has 2 aliphatic rings. The summed E-state index contributed by atoms with van der Waals surface area (Å²) in [4.78, 5) is 0. The van der Waals surface area contributed by atoms with Crippen molar-refractivity contribution in [3.63, 3.8) is 0 Å². The molecular formula is C16H21ClFNO. The zero-order chi connectivity index (χ0) is 14.0. The lowest BCUT2D eigenvalue weighted by Crippen LogP contribution is -2.33. The summed E-state index contributed by atoms with van der Waals surface area (Å²) in [6.07, 6.45) is 8.87. The minimum atomic E-state index is -0.382. The molecule has 1 heterocycles. The van der Waals surface area contributed by atoms with Gasteiger partial charge in [-0.25, -0.2) is 4.39 Å². The van der Waals surface area contributed by atoms with Crippen molar-refractivity contribution >= 4 is 17.3 Å². The lowest BCUT2D eigenvalue weighted by molar-refractivity contribution is -0.0588. The molecule has 0 radical (unpaired) electrons. The molecule has 3 rings (SSSR count). The molecule has 1 aliphatic heterocycles. The van der Waals surface area contributed by atoms with Gasteiger partial charge in [-0.3, -0.25) is 0 Å². The third-order valence-corrected chi connectivity index (χ3v) is 4.86. The van der Waals surface area contributed by atoms with Gasteiger partial charge in [-0.1, -0.05) is 30.9 Å². The molecule has 1 spiro atoms. The molecule has 0 bridgehead atoms. The number of nitrogens with one attached hydrogen (secondary N) is 1. The summed E-state index contributed by atoms with van der Waals surface area (Å²) < 4.78 is 19.6. The Labute approximate surface area is 124 Å². The Morgan fingerprint density at radius 3 is 2.80 bits per heavy atom. The van der Waals surface area contributed by atoms with Gasteiger partial charge in [0.25, 0.3) is 0 Å². The van der Waals surface area contributed by atoms with Gasteiger partial charge < -0.3 is 10.1 Å². The van der Waals surface area contributed by atoms with Crippen LogP contribution in [0, 0.1) is 5.82 Å². The summed E-state index contributed by atoms with van der Waals surface area (Å²) in [5.41, 5.74) is 0.913. The van der Waals surface area contributed by atoms with E-state index < -0.39 is 0 Å². The van der Waals surface area contributed by atoms with Crippen LogP contribution >= 0.6 is 11.6 Å². The normalized spacial score (nSPS) is 25.0. The first-order valence-electron chi connectivity index (χ1n) is 7.54. The molecule has 1 aromatic rings. The smallest absolute Gasteiger partial charge is 0.143 e. The molecular weight excluding hydrogens is 277 g/mol. The SMILES string of the molecule is Fc1cc(NCC2CCC3(CCCCC3)O2)ccc1Cl. The van der Waals surface area contributed by atoms with Crippen molar-refractivity contribution in [1.82, 2.24) is 0 Å². The summed E-state index contributed by atoms with van der Waals surface area (Å²) in [7, 11) is 0. The van der Waals surface area contributed by atoms with E-state index in [-0.39, 0.29) is 22.5 Å². The average Bonchev–Trinajstić information content (AvgIpc) is 2.84. The van der Waals surface area contributed by atoms with E-state index in [1.165, 1.54) is 44.6 Å². The quantitative estimate of drug-likeness (QED) is 0.867. The van der Waals surface area contributed by atoms with Crippen molar-refractivity contribution in [2.24, 2.45) is 0 Å². The zero-order valence-electron chi connectivity index (χ0n) is 11.6. The van der Waals surface area contributed by atoms with Gasteiger partial charge in [0.2, 0.25) is 0 Å². The minimum absolute atomic E-state index is 0.149. The molecule has 4 heteroatoms. The van der Waals surface area contributed by atoms with Gasteiger partial charge >= 0.3 is 0 Å². The van der Waals surface area contributed by atoms with Crippen LogP contribution in [0.15, 0.2) is 18.2 Å². The third-order valence-electron chi connectivity index (χ3n) is 4.56. The fourth-order valence-corrected chi connectivity index (χ4v) is 3.56. The van der Waals surface area contributed by atoms with E-state index in [2.05, 4.69) is 5.32 Å². The maximum atomic E-state index is 13.4. The fourth-order valence-electron chi connectivity index (χ4n) is 3.44. The van der Waals surface area contributed by atoms with E-state index in [9.17, 15) is 4.39 Å². The van der Waals surface area contributed by atoms with E-state index in [0.717, 1.165) is 18.7 Å². The standard InChI is InChI=1S/C16H21ClFNO/c17-14-5-4-12(10-15(14)18)19-11-13-6-9-16(20-13)7-2-1-3-8-16/h4-5,10,13,19H,1-3,6-9,11H2. The number of hydrogen-bond donors (Lipinski definition) is 1. The lowest BCUT2D eigenvalue weighted by Gasteiger charge is -2.33. The summed E-state index contributed by atoms with van der Waals surface area (Å²) in [5, 5.41) is 3.41. The molecule has 1 atom stereocenters. The molecule has 20 heavy (non-hydrogen) atoms. The van der Waals surface area contributed by atoms with Crippen molar-refractivity contribution in [1.29, 1.82) is 0 Å². The van der Waals surface area contributed by atoms with Gasteiger partial charge in [0.15, 0.2) is 0 Å². The van der Waals surface area contributed by atoms with E-state index in [1.807, 2.05) is 0 Å². The van der Waals surface area contributed by atoms with E-state index in [4.69, 9.17) is 16.3 Å². The Bertz CT molecular complexity index is 474. The van der Waals surface area contributed by atoms with Crippen molar-refractivity contribution in [3.8, 4) is 0 Å². The Hall–Kier alpha value is -0.800. The molecule has 110 valence electrons. The van der Waals surface area contributed by atoms with Crippen LogP contribution in [0.25, 0.3) is 0 Å². The summed E-state index contributed by atoms with van der Waals surface area (Å²) in [6.45, 7) is 0.739. The summed E-state index contributed by atoms with van der Waals surface area (Å²) >= 11 is 5.68. The van der Waals surface area contributed by atoms with E-state index >= 15 is 0 Å². The second-order valence-corrected chi connectivity index (χ2v) is 6.44. The molecule has 0 amide bonds. The van der Waals surface area contributed by atoms with Gasteiger partial charge in [0, 0.05) is 12.2 Å². The lowest BCUT2D eigenvalue weighted by atomic mass is 9.83. The van der Waals surface area contributed by atoms with Crippen molar-refractivity contribution < 1.29 is 9.13 Å². The molecule has 1 saturated carbocycles. The fraction of sp³-hybridized carbons (Fsp3) is 0.625. The maximum Gasteiger partial charge on any atom is 0.143 e. The van der Waals surface area contributed by atoms with Crippen molar-refractivity contribution in [2.75, 3.05) is 11.9 Å². The van der Waals surface area contributed by atoms with Gasteiger partial charge in [0.1, 0.15) is 5.82 Å². The third kappa shape index (κ3) is 3.09. The molecule has 2 nitrogen and oxygen atoms in total. The van der Waals surface area contributed by atoms with Crippen LogP contribution in [0.2, 0.25) is 5.02 Å². The van der Waals surface area contributed by atoms with Gasteiger partial charge in [-0.2, -0.15) is 0 Å². The van der Waals surface area contributed by atoms with E-state index in [1.54, 1.807) is 12.1 Å². The van der Waals surface area contributed by atoms with Gasteiger partial charge in [0.05, 0.1) is 16.7 Å². The highest BCUT2D eigenvalue weighted by molar-refractivity contribution is 6.30. The van der Waals surface area contributed by atoms with Gasteiger partial charge in [-0.05, 0) is 43.9 Å². The molecule has 0 aromatic heterocycles. The first kappa shape index (κ1) is 14.2. The Morgan fingerprint density at radius 1 is 1.25 bits per heavy atom. The Morgan fingerprint density at radius 2 is 2.05 bits per heavy atom. The number of hydrogen-bond acceptors (Lipinski definition) is 2. The largest absolute Gasteiger partial charge is 0.382 e. The van der Waals surface area contributed by atoms with Crippen LogP contribution in [0.3, 0.4) is 0 Å². The number of anilines is 1. The predicted octanol–water partition coefficient (Wildman–Crippen LogP) is 4.77. The molecule has 2 fully saturated rings. The average molecular weight is 298 g/mol. The van der Waals surface area contributed by atoms with Crippen LogP contribution in [0.1, 0.15) is 44.9 Å². The van der Waals surface area contributed by atoms with Crippen LogP contribution in [0.5, 0.6) is 0 Å². The van der Waals surface area contributed by atoms with Crippen LogP contribution < -0.4 is 5.32 Å². The van der Waals surface area contributed by atoms with Crippen LogP contribution in [0.4, 0.5) is 10.1 Å². The second kappa shape index (κ2) is 5.90. The molecule has 1 saturated heterocycles. The minimum Gasteiger partial charge on any atom is -0.382 e. The number of rotatable bonds is 3. The second-order valence-electron chi connectivity index (χ2n) is 6.03.